The smallest absolute Gasteiger partial charge is 0.326 e. The van der Waals surface area contributed by atoms with E-state index in [0.717, 1.165) is 0 Å². The SMILES string of the molecule is C=CCc1ncc(CC(C)(C(=O)OC)N(CCO)CC(=O)O)[nH]1. The molecule has 0 aliphatic rings. The number of aliphatic carboxylic acids is 1. The van der Waals surface area contributed by atoms with Crippen molar-refractivity contribution in [3.05, 3.63) is 30.4 Å². The quantitative estimate of drug-likeness (QED) is 0.409. The van der Waals surface area contributed by atoms with Crippen LogP contribution >= 0.6 is 0 Å². The van der Waals surface area contributed by atoms with Crippen LogP contribution in [0.15, 0.2) is 18.9 Å². The molecule has 0 bridgehead atoms. The number of rotatable bonds is 10. The van der Waals surface area contributed by atoms with Gasteiger partial charge < -0.3 is 19.9 Å². The van der Waals surface area contributed by atoms with Gasteiger partial charge in [-0.25, -0.2) is 4.98 Å². The highest BCUT2D eigenvalue weighted by molar-refractivity contribution is 5.81. The average Bonchev–Trinajstić information content (AvgIpc) is 2.92. The zero-order valence-electron chi connectivity index (χ0n) is 13.4. The minimum Gasteiger partial charge on any atom is -0.480 e. The summed E-state index contributed by atoms with van der Waals surface area (Å²) in [5, 5.41) is 18.3. The highest BCUT2D eigenvalue weighted by Crippen LogP contribution is 2.22. The van der Waals surface area contributed by atoms with Gasteiger partial charge in [0.15, 0.2) is 0 Å². The number of aliphatic hydroxyl groups excluding tert-OH is 1. The summed E-state index contributed by atoms with van der Waals surface area (Å²) >= 11 is 0. The summed E-state index contributed by atoms with van der Waals surface area (Å²) in [5.74, 6) is -0.966. The second-order valence-electron chi connectivity index (χ2n) is 5.33. The Morgan fingerprint density at radius 3 is 2.78 bits per heavy atom. The van der Waals surface area contributed by atoms with Gasteiger partial charge in [-0.05, 0) is 6.92 Å². The molecule has 0 saturated heterocycles. The van der Waals surface area contributed by atoms with Crippen LogP contribution < -0.4 is 0 Å². The molecule has 0 spiro atoms. The van der Waals surface area contributed by atoms with Gasteiger partial charge in [0.25, 0.3) is 0 Å². The van der Waals surface area contributed by atoms with Crippen molar-refractivity contribution in [3.63, 3.8) is 0 Å². The van der Waals surface area contributed by atoms with Crippen molar-refractivity contribution in [1.29, 1.82) is 0 Å². The number of carbonyl (C=O) groups is 2. The Kier molecular flexibility index (Phi) is 6.92. The molecule has 8 heteroatoms. The van der Waals surface area contributed by atoms with Crippen LogP contribution in [0.1, 0.15) is 18.4 Å². The third kappa shape index (κ3) is 4.90. The van der Waals surface area contributed by atoms with Crippen LogP contribution in [-0.4, -0.2) is 69.4 Å². The summed E-state index contributed by atoms with van der Waals surface area (Å²) in [4.78, 5) is 32.0. The van der Waals surface area contributed by atoms with Crippen molar-refractivity contribution >= 4 is 11.9 Å². The van der Waals surface area contributed by atoms with Crippen molar-refractivity contribution in [2.45, 2.75) is 25.3 Å². The second-order valence-corrected chi connectivity index (χ2v) is 5.33. The van der Waals surface area contributed by atoms with E-state index in [1.807, 2.05) is 0 Å². The normalized spacial score (nSPS) is 13.6. The number of carbonyl (C=O) groups excluding carboxylic acids is 1. The van der Waals surface area contributed by atoms with Gasteiger partial charge in [0.2, 0.25) is 0 Å². The van der Waals surface area contributed by atoms with Gasteiger partial charge in [-0.1, -0.05) is 6.08 Å². The van der Waals surface area contributed by atoms with Crippen LogP contribution in [0.4, 0.5) is 0 Å². The maximum absolute atomic E-state index is 12.3. The lowest BCUT2D eigenvalue weighted by Crippen LogP contribution is -2.57. The van der Waals surface area contributed by atoms with Crippen LogP contribution in [-0.2, 0) is 27.2 Å². The highest BCUT2D eigenvalue weighted by atomic mass is 16.5. The molecule has 3 N–H and O–H groups in total. The lowest BCUT2D eigenvalue weighted by molar-refractivity contribution is -0.157. The lowest BCUT2D eigenvalue weighted by atomic mass is 9.93. The van der Waals surface area contributed by atoms with Crippen molar-refractivity contribution in [3.8, 4) is 0 Å². The molecule has 1 heterocycles. The van der Waals surface area contributed by atoms with E-state index in [-0.39, 0.29) is 26.1 Å². The van der Waals surface area contributed by atoms with Gasteiger partial charge in [-0.2, -0.15) is 0 Å². The fourth-order valence-corrected chi connectivity index (χ4v) is 2.42. The zero-order valence-corrected chi connectivity index (χ0v) is 13.4. The molecule has 0 aliphatic carbocycles. The van der Waals surface area contributed by atoms with Crippen LogP contribution in [0.25, 0.3) is 0 Å². The number of esters is 1. The summed E-state index contributed by atoms with van der Waals surface area (Å²) in [6.07, 6.45) is 4.03. The standard InChI is InChI=1S/C15H23N3O5/c1-4-5-12-16-9-11(17-12)8-15(2,14(22)23-3)18(6-7-19)10-13(20)21/h4,9,19H,1,5-8,10H2,2-3H3,(H,16,17)(H,20,21). The Labute approximate surface area is 134 Å². The number of ether oxygens (including phenoxy) is 1. The molecule has 0 amide bonds. The minimum absolute atomic E-state index is 0.0333. The first kappa shape index (κ1) is 18.9. The number of aromatic nitrogens is 2. The van der Waals surface area contributed by atoms with E-state index in [4.69, 9.17) is 9.84 Å². The minimum atomic E-state index is -1.24. The lowest BCUT2D eigenvalue weighted by Gasteiger charge is -2.37. The number of hydrogen-bond acceptors (Lipinski definition) is 6. The molecule has 1 rings (SSSR count). The van der Waals surface area contributed by atoms with E-state index in [0.29, 0.717) is 17.9 Å². The number of methoxy groups -OCH3 is 1. The number of β-amino-alcohol motifs (C(OH)–C–C–N with tert-alkyl or cyclic N) is 1. The van der Waals surface area contributed by atoms with Crippen molar-refractivity contribution in [2.24, 2.45) is 0 Å². The van der Waals surface area contributed by atoms with Gasteiger partial charge in [0, 0.05) is 31.3 Å². The summed E-state index contributed by atoms with van der Waals surface area (Å²) in [6, 6.07) is 0. The molecule has 0 saturated carbocycles. The van der Waals surface area contributed by atoms with Crippen LogP contribution in [0, 0.1) is 0 Å². The Morgan fingerprint density at radius 1 is 1.57 bits per heavy atom. The summed E-state index contributed by atoms with van der Waals surface area (Å²) < 4.78 is 4.85. The second kappa shape index (κ2) is 8.44. The van der Waals surface area contributed by atoms with E-state index in [9.17, 15) is 14.7 Å². The first-order valence-electron chi connectivity index (χ1n) is 7.17. The Morgan fingerprint density at radius 2 is 2.26 bits per heavy atom. The Balaban J connectivity index is 3.09. The molecular weight excluding hydrogens is 302 g/mol. The fraction of sp³-hybridized carbons (Fsp3) is 0.533. The topological polar surface area (TPSA) is 116 Å². The molecule has 0 aliphatic heterocycles. The van der Waals surface area contributed by atoms with E-state index in [1.165, 1.54) is 12.0 Å². The molecule has 0 radical (unpaired) electrons. The molecule has 8 nitrogen and oxygen atoms in total. The third-order valence-corrected chi connectivity index (χ3v) is 3.57. The first-order chi connectivity index (χ1) is 10.9. The van der Waals surface area contributed by atoms with Crippen LogP contribution in [0.3, 0.4) is 0 Å². The first-order valence-corrected chi connectivity index (χ1v) is 7.17. The highest BCUT2D eigenvalue weighted by Gasteiger charge is 2.41. The number of H-pyrrole nitrogens is 1. The van der Waals surface area contributed by atoms with Crippen LogP contribution in [0.2, 0.25) is 0 Å². The summed E-state index contributed by atoms with van der Waals surface area (Å²) in [5.41, 5.74) is -0.573. The van der Waals surface area contributed by atoms with E-state index in [2.05, 4.69) is 16.5 Å². The van der Waals surface area contributed by atoms with E-state index >= 15 is 0 Å². The van der Waals surface area contributed by atoms with Gasteiger partial charge >= 0.3 is 11.9 Å². The summed E-state index contributed by atoms with van der Waals surface area (Å²) in [7, 11) is 1.24. The van der Waals surface area contributed by atoms with Crippen molar-refractivity contribution in [2.75, 3.05) is 26.8 Å². The predicted octanol–water partition coefficient (Wildman–Crippen LogP) is -0.00870. The number of carboxylic acid groups (broad SMARTS) is 1. The number of carboxylic acids is 1. The number of nitrogens with one attached hydrogen (secondary N) is 1. The number of aliphatic hydroxyl groups is 1. The average molecular weight is 325 g/mol. The molecule has 23 heavy (non-hydrogen) atoms. The number of allylic oxidation sites excluding steroid dienone is 1. The van der Waals surface area contributed by atoms with Crippen molar-refractivity contribution in [1.82, 2.24) is 14.9 Å². The number of nitrogens with zero attached hydrogens (tertiary/aromatic N) is 2. The largest absolute Gasteiger partial charge is 0.480 e. The Bertz CT molecular complexity index is 557. The zero-order chi connectivity index (χ0) is 17.5. The molecule has 1 unspecified atom stereocenters. The third-order valence-electron chi connectivity index (χ3n) is 3.57. The predicted molar refractivity (Wildman–Crippen MR) is 82.9 cm³/mol. The molecule has 1 aromatic rings. The van der Waals surface area contributed by atoms with Crippen molar-refractivity contribution < 1.29 is 24.5 Å². The molecule has 0 aromatic carbocycles. The maximum atomic E-state index is 12.3. The Hall–Kier alpha value is -2.19. The maximum Gasteiger partial charge on any atom is 0.326 e. The van der Waals surface area contributed by atoms with Gasteiger partial charge in [0.1, 0.15) is 11.4 Å². The fourth-order valence-electron chi connectivity index (χ4n) is 2.42. The number of hydrogen-bond donors (Lipinski definition) is 3. The monoisotopic (exact) mass is 325 g/mol. The van der Waals surface area contributed by atoms with E-state index in [1.54, 1.807) is 19.2 Å². The molecule has 128 valence electrons. The molecule has 0 fully saturated rings. The number of imidazole rings is 1. The van der Waals surface area contributed by atoms with E-state index < -0.39 is 17.5 Å². The molecular formula is C15H23N3O5. The summed E-state index contributed by atoms with van der Waals surface area (Å²) in [6.45, 7) is 4.59. The van der Waals surface area contributed by atoms with Gasteiger partial charge in [-0.3, -0.25) is 14.5 Å². The van der Waals surface area contributed by atoms with Crippen LogP contribution in [0.5, 0.6) is 0 Å². The number of aromatic amines is 1. The van der Waals surface area contributed by atoms with Gasteiger partial charge in [0.05, 0.1) is 20.3 Å². The molecule has 1 atom stereocenters. The van der Waals surface area contributed by atoms with Gasteiger partial charge in [-0.15, -0.1) is 6.58 Å². The molecule has 1 aromatic heterocycles.